The Balaban J connectivity index is 2.29. The summed E-state index contributed by atoms with van der Waals surface area (Å²) in [6, 6.07) is 0. The first-order valence-electron chi connectivity index (χ1n) is 6.77. The number of hydrogen-bond acceptors (Lipinski definition) is 6. The summed E-state index contributed by atoms with van der Waals surface area (Å²) in [6.45, 7) is 7.94. The number of hydrogen-bond donors (Lipinski definition) is 2. The molecule has 0 spiro atoms. The fourth-order valence-electron chi connectivity index (χ4n) is 1.50. The van der Waals surface area contributed by atoms with Crippen LogP contribution in [0.25, 0.3) is 0 Å². The Labute approximate surface area is 124 Å². The molecule has 0 unspecified atom stereocenters. The van der Waals surface area contributed by atoms with E-state index in [9.17, 15) is 4.79 Å². The first-order valence-corrected chi connectivity index (χ1v) is 7.75. The average molecular weight is 300 g/mol. The predicted octanol–water partition coefficient (Wildman–Crippen LogP) is 0.680. The molecule has 0 atom stereocenters. The summed E-state index contributed by atoms with van der Waals surface area (Å²) in [5, 5.41) is 18.5. The first-order chi connectivity index (χ1) is 9.42. The van der Waals surface area contributed by atoms with Crippen molar-refractivity contribution in [3.05, 3.63) is 0 Å². The third-order valence-corrected chi connectivity index (χ3v) is 3.58. The number of carbonyl (C=O) groups is 1. The summed E-state index contributed by atoms with van der Waals surface area (Å²) in [4.78, 5) is 11.1. The Morgan fingerprint density at radius 2 is 2.15 bits per heavy atom. The van der Waals surface area contributed by atoms with Crippen LogP contribution < -0.4 is 10.6 Å². The van der Waals surface area contributed by atoms with Gasteiger partial charge in [-0.1, -0.05) is 11.8 Å². The van der Waals surface area contributed by atoms with Gasteiger partial charge in [0.1, 0.15) is 0 Å². The lowest BCUT2D eigenvalue weighted by molar-refractivity contribution is -0.120. The maximum absolute atomic E-state index is 11.1. The van der Waals surface area contributed by atoms with Crippen molar-refractivity contribution < 1.29 is 4.79 Å². The van der Waals surface area contributed by atoms with Crippen LogP contribution in [0.15, 0.2) is 5.16 Å². The highest BCUT2D eigenvalue weighted by molar-refractivity contribution is 7.99. The van der Waals surface area contributed by atoms with Crippen LogP contribution in [0.5, 0.6) is 0 Å². The van der Waals surface area contributed by atoms with Gasteiger partial charge in [0.2, 0.25) is 11.1 Å². The minimum Gasteiger partial charge on any atom is -0.359 e. The van der Waals surface area contributed by atoms with Gasteiger partial charge in [0.15, 0.2) is 0 Å². The molecule has 0 aromatic carbocycles. The smallest absolute Gasteiger partial charge is 0.219 e. The molecule has 0 aliphatic carbocycles. The Hall–Kier alpha value is -1.15. The summed E-state index contributed by atoms with van der Waals surface area (Å²) >= 11 is 1.58. The number of nitrogens with one attached hydrogen (secondary N) is 2. The van der Waals surface area contributed by atoms with Crippen molar-refractivity contribution in [2.45, 2.75) is 50.9 Å². The zero-order valence-corrected chi connectivity index (χ0v) is 13.5. The lowest BCUT2D eigenvalue weighted by Gasteiger charge is -2.20. The molecule has 0 saturated heterocycles. The summed E-state index contributed by atoms with van der Waals surface area (Å²) in [7, 11) is 1.65. The zero-order chi connectivity index (χ0) is 15.0. The normalized spacial score (nSPS) is 11.6. The largest absolute Gasteiger partial charge is 0.359 e. The van der Waals surface area contributed by atoms with E-state index in [-0.39, 0.29) is 11.4 Å². The van der Waals surface area contributed by atoms with Gasteiger partial charge in [-0.15, -0.1) is 5.10 Å². The Morgan fingerprint density at radius 1 is 1.40 bits per heavy atom. The Kier molecular flexibility index (Phi) is 6.94. The fraction of sp³-hybridized carbons (Fsp3) is 0.833. The number of thioether (sulfide) groups is 1. The van der Waals surface area contributed by atoms with Gasteiger partial charge in [-0.3, -0.25) is 4.79 Å². The molecule has 0 saturated carbocycles. The van der Waals surface area contributed by atoms with Crippen LogP contribution in [0.1, 0.15) is 33.6 Å². The SMILES string of the molecule is CNC(=O)CCCSc1nnnn1CCNC(C)(C)C. The van der Waals surface area contributed by atoms with Crippen molar-refractivity contribution in [3.8, 4) is 0 Å². The maximum Gasteiger partial charge on any atom is 0.219 e. The van der Waals surface area contributed by atoms with E-state index in [4.69, 9.17) is 0 Å². The molecule has 1 amide bonds. The molecule has 2 N–H and O–H groups in total. The second-order valence-corrected chi connectivity index (χ2v) is 6.55. The summed E-state index contributed by atoms with van der Waals surface area (Å²) in [5.41, 5.74) is 0.0921. The van der Waals surface area contributed by atoms with Gasteiger partial charge in [0.05, 0.1) is 6.54 Å². The number of carbonyl (C=O) groups excluding carboxylic acids is 1. The van der Waals surface area contributed by atoms with Crippen LogP contribution in [-0.4, -0.2) is 51.0 Å². The Morgan fingerprint density at radius 3 is 2.80 bits per heavy atom. The number of amides is 1. The Bertz CT molecular complexity index is 414. The van der Waals surface area contributed by atoms with E-state index in [0.29, 0.717) is 6.42 Å². The minimum atomic E-state index is 0.0690. The molecule has 0 aliphatic rings. The fourth-order valence-corrected chi connectivity index (χ4v) is 2.34. The monoisotopic (exact) mass is 300 g/mol. The molecule has 8 heteroatoms. The van der Waals surface area contributed by atoms with Gasteiger partial charge >= 0.3 is 0 Å². The topological polar surface area (TPSA) is 84.7 Å². The van der Waals surface area contributed by atoms with Crippen LogP contribution >= 0.6 is 11.8 Å². The van der Waals surface area contributed by atoms with Gasteiger partial charge in [-0.05, 0) is 37.6 Å². The molecule has 7 nitrogen and oxygen atoms in total. The summed E-state index contributed by atoms with van der Waals surface area (Å²) < 4.78 is 1.79. The molecule has 1 aromatic heterocycles. The van der Waals surface area contributed by atoms with Crippen LogP contribution in [0.3, 0.4) is 0 Å². The molecule has 20 heavy (non-hydrogen) atoms. The molecular formula is C12H24N6OS. The predicted molar refractivity (Wildman–Crippen MR) is 79.6 cm³/mol. The van der Waals surface area contributed by atoms with Gasteiger partial charge in [0, 0.05) is 31.3 Å². The van der Waals surface area contributed by atoms with Crippen molar-refractivity contribution in [1.29, 1.82) is 0 Å². The highest BCUT2D eigenvalue weighted by Crippen LogP contribution is 2.15. The lowest BCUT2D eigenvalue weighted by atomic mass is 10.1. The third kappa shape index (κ3) is 6.85. The average Bonchev–Trinajstić information content (AvgIpc) is 2.80. The summed E-state index contributed by atoms with van der Waals surface area (Å²) in [6.07, 6.45) is 1.36. The maximum atomic E-state index is 11.1. The molecule has 0 aliphatic heterocycles. The number of tetrazole rings is 1. The quantitative estimate of drug-likeness (QED) is 0.542. The van der Waals surface area contributed by atoms with E-state index in [1.807, 2.05) is 0 Å². The van der Waals surface area contributed by atoms with Crippen LogP contribution in [-0.2, 0) is 11.3 Å². The zero-order valence-electron chi connectivity index (χ0n) is 12.6. The third-order valence-electron chi connectivity index (χ3n) is 2.54. The molecule has 0 bridgehead atoms. The first kappa shape index (κ1) is 16.9. The van der Waals surface area contributed by atoms with Crippen LogP contribution in [0.4, 0.5) is 0 Å². The molecule has 1 heterocycles. The molecular weight excluding hydrogens is 276 g/mol. The van der Waals surface area contributed by atoms with Crippen molar-refractivity contribution in [1.82, 2.24) is 30.8 Å². The van der Waals surface area contributed by atoms with Gasteiger partial charge in [-0.2, -0.15) is 0 Å². The van der Waals surface area contributed by atoms with Crippen molar-refractivity contribution in [2.24, 2.45) is 0 Å². The van der Waals surface area contributed by atoms with E-state index in [1.54, 1.807) is 23.5 Å². The number of aromatic nitrogens is 4. The highest BCUT2D eigenvalue weighted by atomic mass is 32.2. The van der Waals surface area contributed by atoms with Crippen molar-refractivity contribution in [2.75, 3.05) is 19.3 Å². The second kappa shape index (κ2) is 8.21. The minimum absolute atomic E-state index is 0.0690. The van der Waals surface area contributed by atoms with Gasteiger partial charge < -0.3 is 10.6 Å². The van der Waals surface area contributed by atoms with E-state index in [2.05, 4.69) is 46.9 Å². The van der Waals surface area contributed by atoms with Crippen LogP contribution in [0.2, 0.25) is 0 Å². The lowest BCUT2D eigenvalue weighted by Crippen LogP contribution is -2.38. The standard InChI is InChI=1S/C12H24N6OS/c1-12(2,3)14-7-8-18-11(15-16-17-18)20-9-5-6-10(19)13-4/h14H,5-9H2,1-4H3,(H,13,19). The van der Waals surface area contributed by atoms with Crippen LogP contribution in [0, 0.1) is 0 Å². The van der Waals surface area contributed by atoms with Crippen molar-refractivity contribution in [3.63, 3.8) is 0 Å². The molecule has 114 valence electrons. The number of rotatable bonds is 8. The molecule has 0 fully saturated rings. The van der Waals surface area contributed by atoms with E-state index in [0.717, 1.165) is 30.4 Å². The summed E-state index contributed by atoms with van der Waals surface area (Å²) in [5.74, 6) is 0.903. The van der Waals surface area contributed by atoms with Gasteiger partial charge in [0.25, 0.3) is 0 Å². The van der Waals surface area contributed by atoms with E-state index < -0.39 is 0 Å². The van der Waals surface area contributed by atoms with E-state index in [1.165, 1.54) is 0 Å². The molecule has 0 radical (unpaired) electrons. The second-order valence-electron chi connectivity index (χ2n) is 5.49. The van der Waals surface area contributed by atoms with E-state index >= 15 is 0 Å². The number of nitrogens with zero attached hydrogens (tertiary/aromatic N) is 4. The van der Waals surface area contributed by atoms with Gasteiger partial charge in [-0.25, -0.2) is 4.68 Å². The van der Waals surface area contributed by atoms with Crippen molar-refractivity contribution >= 4 is 17.7 Å². The molecule has 1 aromatic rings. The molecule has 1 rings (SSSR count). The highest BCUT2D eigenvalue weighted by Gasteiger charge is 2.10.